The normalized spacial score (nSPS) is 16.3. The minimum Gasteiger partial charge on any atom is -0.326 e. The monoisotopic (exact) mass is 333 g/mol. The summed E-state index contributed by atoms with van der Waals surface area (Å²) >= 11 is 0. The quantitative estimate of drug-likeness (QED) is 0.800. The van der Waals surface area contributed by atoms with Gasteiger partial charge in [-0.3, -0.25) is 4.79 Å². The number of carbonyl (C=O) groups excluding carboxylic acids is 1. The van der Waals surface area contributed by atoms with Crippen molar-refractivity contribution in [2.24, 2.45) is 7.05 Å². The van der Waals surface area contributed by atoms with Gasteiger partial charge in [-0.15, -0.1) is 5.10 Å². The second-order valence-electron chi connectivity index (χ2n) is 6.34. The van der Waals surface area contributed by atoms with Crippen LogP contribution in [-0.2, 0) is 18.3 Å². The summed E-state index contributed by atoms with van der Waals surface area (Å²) in [5.41, 5.74) is 4.07. The molecule has 0 spiro atoms. The Balaban J connectivity index is 1.57. The summed E-state index contributed by atoms with van der Waals surface area (Å²) in [6.45, 7) is 0. The molecular formula is C19H19N5O. The highest BCUT2D eigenvalue weighted by molar-refractivity contribution is 5.96. The number of aryl methyl sites for hydroxylation is 2. The van der Waals surface area contributed by atoms with Gasteiger partial charge in [-0.1, -0.05) is 36.4 Å². The number of tetrazole rings is 1. The van der Waals surface area contributed by atoms with Gasteiger partial charge in [-0.25, -0.2) is 4.68 Å². The van der Waals surface area contributed by atoms with Crippen LogP contribution in [0.1, 0.15) is 29.9 Å². The zero-order chi connectivity index (χ0) is 17.2. The van der Waals surface area contributed by atoms with Crippen molar-refractivity contribution in [2.45, 2.75) is 25.2 Å². The van der Waals surface area contributed by atoms with Crippen molar-refractivity contribution in [3.63, 3.8) is 0 Å². The Labute approximate surface area is 145 Å². The van der Waals surface area contributed by atoms with E-state index < -0.39 is 0 Å². The number of rotatable bonds is 3. The lowest BCUT2D eigenvalue weighted by atomic mass is 9.82. The Morgan fingerprint density at radius 3 is 2.92 bits per heavy atom. The average Bonchev–Trinajstić information content (AvgIpc) is 3.07. The van der Waals surface area contributed by atoms with E-state index in [1.807, 2.05) is 36.4 Å². The van der Waals surface area contributed by atoms with E-state index in [-0.39, 0.29) is 11.8 Å². The maximum atomic E-state index is 12.8. The van der Waals surface area contributed by atoms with E-state index >= 15 is 0 Å². The van der Waals surface area contributed by atoms with Gasteiger partial charge >= 0.3 is 0 Å². The number of hydrogen-bond acceptors (Lipinski definition) is 4. The second-order valence-corrected chi connectivity index (χ2v) is 6.34. The first-order valence-electron chi connectivity index (χ1n) is 8.44. The molecule has 25 heavy (non-hydrogen) atoms. The van der Waals surface area contributed by atoms with Crippen molar-refractivity contribution in [3.8, 4) is 11.4 Å². The maximum Gasteiger partial charge on any atom is 0.231 e. The van der Waals surface area contributed by atoms with Gasteiger partial charge in [0.25, 0.3) is 0 Å². The number of fused-ring (bicyclic) bond motifs is 1. The van der Waals surface area contributed by atoms with Gasteiger partial charge in [0.15, 0.2) is 5.82 Å². The summed E-state index contributed by atoms with van der Waals surface area (Å²) in [5, 5.41) is 14.6. The van der Waals surface area contributed by atoms with E-state index in [1.165, 1.54) is 5.56 Å². The first kappa shape index (κ1) is 15.5. The van der Waals surface area contributed by atoms with Crippen molar-refractivity contribution in [2.75, 3.05) is 5.32 Å². The Kier molecular flexibility index (Phi) is 4.01. The third-order valence-corrected chi connectivity index (χ3v) is 4.69. The van der Waals surface area contributed by atoms with E-state index in [2.05, 4.69) is 33.0 Å². The number of nitrogens with zero attached hydrogens (tertiary/aromatic N) is 4. The van der Waals surface area contributed by atoms with E-state index in [0.29, 0.717) is 5.82 Å². The molecule has 0 bridgehead atoms. The van der Waals surface area contributed by atoms with Crippen molar-refractivity contribution in [3.05, 3.63) is 59.7 Å². The molecule has 0 fully saturated rings. The zero-order valence-corrected chi connectivity index (χ0v) is 14.0. The smallest absolute Gasteiger partial charge is 0.231 e. The molecule has 1 N–H and O–H groups in total. The molecule has 1 aromatic heterocycles. The highest BCUT2D eigenvalue weighted by atomic mass is 16.1. The predicted molar refractivity (Wildman–Crippen MR) is 95.0 cm³/mol. The summed E-state index contributed by atoms with van der Waals surface area (Å²) in [6, 6.07) is 15.9. The molecule has 1 aliphatic rings. The molecule has 0 radical (unpaired) electrons. The number of nitrogens with one attached hydrogen (secondary N) is 1. The first-order chi connectivity index (χ1) is 12.2. The van der Waals surface area contributed by atoms with Crippen molar-refractivity contribution in [1.29, 1.82) is 0 Å². The van der Waals surface area contributed by atoms with Gasteiger partial charge < -0.3 is 5.32 Å². The van der Waals surface area contributed by atoms with E-state index in [1.54, 1.807) is 11.7 Å². The summed E-state index contributed by atoms with van der Waals surface area (Å²) in [7, 11) is 1.79. The van der Waals surface area contributed by atoms with Crippen molar-refractivity contribution < 1.29 is 4.79 Å². The standard InChI is InChI=1S/C19H19N5O/c1-24-18(21-22-23-24)14-8-4-9-15(12-14)20-19(25)17-11-5-7-13-6-2-3-10-16(13)17/h2-4,6,8-10,12,17H,5,7,11H2,1H3,(H,20,25). The fourth-order valence-electron chi connectivity index (χ4n) is 3.47. The highest BCUT2D eigenvalue weighted by Crippen LogP contribution is 2.32. The van der Waals surface area contributed by atoms with Crippen LogP contribution in [0.3, 0.4) is 0 Å². The van der Waals surface area contributed by atoms with E-state index in [9.17, 15) is 4.79 Å². The van der Waals surface area contributed by atoms with Crippen LogP contribution in [0.15, 0.2) is 48.5 Å². The molecule has 1 unspecified atom stereocenters. The van der Waals surface area contributed by atoms with Gasteiger partial charge in [0.1, 0.15) is 0 Å². The van der Waals surface area contributed by atoms with Gasteiger partial charge in [-0.2, -0.15) is 0 Å². The predicted octanol–water partition coefficient (Wildman–Crippen LogP) is 2.94. The van der Waals surface area contributed by atoms with Crippen molar-refractivity contribution in [1.82, 2.24) is 20.2 Å². The SMILES string of the molecule is Cn1nnnc1-c1cccc(NC(=O)C2CCCc3ccccc32)c1. The molecule has 126 valence electrons. The molecule has 0 aliphatic heterocycles. The molecule has 4 rings (SSSR count). The van der Waals surface area contributed by atoms with Gasteiger partial charge in [-0.05, 0) is 52.9 Å². The molecule has 1 atom stereocenters. The van der Waals surface area contributed by atoms with Gasteiger partial charge in [0, 0.05) is 18.3 Å². The number of carbonyl (C=O) groups is 1. The Hall–Kier alpha value is -3.02. The molecule has 6 nitrogen and oxygen atoms in total. The fraction of sp³-hybridized carbons (Fsp3) is 0.263. The molecule has 0 saturated heterocycles. The summed E-state index contributed by atoms with van der Waals surface area (Å²) in [6.07, 6.45) is 2.98. The third-order valence-electron chi connectivity index (χ3n) is 4.69. The van der Waals surface area contributed by atoms with E-state index in [0.717, 1.165) is 36.1 Å². The second kappa shape index (κ2) is 6.47. The van der Waals surface area contributed by atoms with Crippen LogP contribution in [0.2, 0.25) is 0 Å². The summed E-state index contributed by atoms with van der Waals surface area (Å²) in [5.74, 6) is 0.615. The zero-order valence-electron chi connectivity index (χ0n) is 14.0. The molecule has 6 heteroatoms. The first-order valence-corrected chi connectivity index (χ1v) is 8.44. The van der Waals surface area contributed by atoms with Crippen LogP contribution in [0.25, 0.3) is 11.4 Å². The molecule has 3 aromatic rings. The molecule has 1 amide bonds. The summed E-state index contributed by atoms with van der Waals surface area (Å²) < 4.78 is 1.61. The van der Waals surface area contributed by atoms with Gasteiger partial charge in [0.05, 0.1) is 5.92 Å². The number of anilines is 1. The molecular weight excluding hydrogens is 314 g/mol. The molecule has 2 aromatic carbocycles. The molecule has 0 saturated carbocycles. The van der Waals surface area contributed by atoms with Crippen LogP contribution in [0.4, 0.5) is 5.69 Å². The van der Waals surface area contributed by atoms with Crippen LogP contribution in [0, 0.1) is 0 Å². The lowest BCUT2D eigenvalue weighted by molar-refractivity contribution is -0.117. The Morgan fingerprint density at radius 2 is 2.08 bits per heavy atom. The Bertz CT molecular complexity index is 917. The number of hydrogen-bond donors (Lipinski definition) is 1. The fourth-order valence-corrected chi connectivity index (χ4v) is 3.47. The van der Waals surface area contributed by atoms with Crippen LogP contribution in [-0.4, -0.2) is 26.1 Å². The number of benzene rings is 2. The van der Waals surface area contributed by atoms with Crippen LogP contribution in [0.5, 0.6) is 0 Å². The Morgan fingerprint density at radius 1 is 1.20 bits per heavy atom. The highest BCUT2D eigenvalue weighted by Gasteiger charge is 2.26. The minimum atomic E-state index is -0.0925. The van der Waals surface area contributed by atoms with Crippen molar-refractivity contribution >= 4 is 11.6 Å². The lowest BCUT2D eigenvalue weighted by Gasteiger charge is -2.24. The lowest BCUT2D eigenvalue weighted by Crippen LogP contribution is -2.24. The number of aromatic nitrogens is 4. The maximum absolute atomic E-state index is 12.8. The van der Waals surface area contributed by atoms with Gasteiger partial charge in [0.2, 0.25) is 5.91 Å². The molecule has 1 heterocycles. The van der Waals surface area contributed by atoms with Crippen LogP contribution < -0.4 is 5.32 Å². The van der Waals surface area contributed by atoms with E-state index in [4.69, 9.17) is 0 Å². The van der Waals surface area contributed by atoms with Crippen LogP contribution >= 0.6 is 0 Å². The average molecular weight is 333 g/mol. The summed E-state index contributed by atoms with van der Waals surface area (Å²) in [4.78, 5) is 12.8. The largest absolute Gasteiger partial charge is 0.326 e. The third kappa shape index (κ3) is 3.03. The minimum absolute atomic E-state index is 0.0420. The molecule has 1 aliphatic carbocycles. The number of amides is 1. The topological polar surface area (TPSA) is 72.7 Å².